The van der Waals surface area contributed by atoms with Gasteiger partial charge >= 0.3 is 0 Å². The lowest BCUT2D eigenvalue weighted by Gasteiger charge is -2.16. The maximum atomic E-state index is 11.7. The molecule has 0 spiro atoms. The topological polar surface area (TPSA) is 78.6 Å². The van der Waals surface area contributed by atoms with Crippen LogP contribution in [0.15, 0.2) is 23.1 Å². The van der Waals surface area contributed by atoms with Crippen molar-refractivity contribution in [1.82, 2.24) is 0 Å². The summed E-state index contributed by atoms with van der Waals surface area (Å²) in [6.45, 7) is 3.64. The van der Waals surface area contributed by atoms with Gasteiger partial charge in [0, 0.05) is 0 Å². The molecule has 0 aliphatic heterocycles. The summed E-state index contributed by atoms with van der Waals surface area (Å²) in [6.07, 6.45) is 1.85. The molecule has 0 unspecified atom stereocenters. The van der Waals surface area contributed by atoms with Crippen LogP contribution < -0.4 is 14.6 Å². The molecule has 0 amide bonds. The van der Waals surface area contributed by atoms with Crippen molar-refractivity contribution in [3.63, 3.8) is 0 Å². The van der Waals surface area contributed by atoms with Gasteiger partial charge in [0.15, 0.2) is 4.90 Å². The van der Waals surface area contributed by atoms with E-state index in [0.717, 1.165) is 12.8 Å². The highest BCUT2D eigenvalue weighted by atomic mass is 32.2. The third-order valence-corrected chi connectivity index (χ3v) is 3.38. The average molecular weight is 271 g/mol. The van der Waals surface area contributed by atoms with Crippen LogP contribution >= 0.6 is 0 Å². The predicted molar refractivity (Wildman–Crippen MR) is 67.2 cm³/mol. The largest absolute Gasteiger partial charge is 0.489 e. The minimum Gasteiger partial charge on any atom is -0.489 e. The lowest BCUT2D eigenvalue weighted by Crippen LogP contribution is -2.17. The molecule has 0 saturated heterocycles. The van der Waals surface area contributed by atoms with E-state index >= 15 is 0 Å². The Bertz CT molecular complexity index is 513. The number of ether oxygens (including phenoxy) is 2. The number of rotatable bonds is 5. The normalized spacial score (nSPS) is 15.8. The average Bonchev–Trinajstić information content (AvgIpc) is 2.98. The van der Waals surface area contributed by atoms with Crippen LogP contribution in [0.3, 0.4) is 0 Å². The summed E-state index contributed by atoms with van der Waals surface area (Å²) >= 11 is 0. The maximum absolute atomic E-state index is 11.7. The number of nitrogens with two attached hydrogens (primary N) is 1. The molecular weight excluding hydrogens is 254 g/mol. The zero-order valence-electron chi connectivity index (χ0n) is 10.4. The molecule has 1 aliphatic carbocycles. The van der Waals surface area contributed by atoms with Crippen LogP contribution in [0.2, 0.25) is 0 Å². The van der Waals surface area contributed by atoms with Crippen molar-refractivity contribution in [3.8, 4) is 11.5 Å². The van der Waals surface area contributed by atoms with Crippen LogP contribution in [0.5, 0.6) is 11.5 Å². The first-order valence-electron chi connectivity index (χ1n) is 5.87. The summed E-state index contributed by atoms with van der Waals surface area (Å²) in [5, 5.41) is 5.24. The summed E-state index contributed by atoms with van der Waals surface area (Å²) in [6, 6.07) is 4.88. The summed E-state index contributed by atoms with van der Waals surface area (Å²) in [5.41, 5.74) is 0. The minimum atomic E-state index is -3.88. The van der Waals surface area contributed by atoms with E-state index in [1.165, 1.54) is 0 Å². The zero-order chi connectivity index (χ0) is 13.3. The Balaban J connectivity index is 2.45. The molecule has 5 nitrogen and oxygen atoms in total. The Morgan fingerprint density at radius 2 is 1.89 bits per heavy atom. The Morgan fingerprint density at radius 3 is 2.39 bits per heavy atom. The van der Waals surface area contributed by atoms with Crippen molar-refractivity contribution >= 4 is 10.0 Å². The van der Waals surface area contributed by atoms with E-state index in [4.69, 9.17) is 14.6 Å². The van der Waals surface area contributed by atoms with E-state index in [-0.39, 0.29) is 28.6 Å². The van der Waals surface area contributed by atoms with Gasteiger partial charge in [-0.2, -0.15) is 0 Å². The van der Waals surface area contributed by atoms with E-state index in [2.05, 4.69) is 0 Å². The van der Waals surface area contributed by atoms with Gasteiger partial charge in [0.05, 0.1) is 12.2 Å². The zero-order valence-corrected chi connectivity index (χ0v) is 11.2. The maximum Gasteiger partial charge on any atom is 0.245 e. The predicted octanol–water partition coefficient (Wildman–Crippen LogP) is 1.66. The van der Waals surface area contributed by atoms with E-state index in [1.54, 1.807) is 18.2 Å². The molecule has 1 aromatic carbocycles. The van der Waals surface area contributed by atoms with Gasteiger partial charge in [0.2, 0.25) is 10.0 Å². The smallest absolute Gasteiger partial charge is 0.245 e. The first kappa shape index (κ1) is 13.2. The van der Waals surface area contributed by atoms with E-state index < -0.39 is 10.0 Å². The Hall–Kier alpha value is -1.27. The van der Waals surface area contributed by atoms with Crippen molar-refractivity contribution in [2.24, 2.45) is 5.14 Å². The van der Waals surface area contributed by atoms with Gasteiger partial charge in [-0.25, -0.2) is 13.6 Å². The van der Waals surface area contributed by atoms with E-state index in [0.29, 0.717) is 0 Å². The molecule has 1 aromatic rings. The molecule has 0 bridgehead atoms. The molecule has 0 atom stereocenters. The molecule has 0 aromatic heterocycles. The molecule has 2 N–H and O–H groups in total. The molecule has 2 rings (SSSR count). The van der Waals surface area contributed by atoms with Crippen LogP contribution in [0.1, 0.15) is 26.7 Å². The first-order chi connectivity index (χ1) is 8.38. The van der Waals surface area contributed by atoms with E-state index in [1.807, 2.05) is 13.8 Å². The molecule has 0 heterocycles. The standard InChI is InChI=1S/C12H17NO4S/c1-8(2)16-10-4-3-5-11(17-9-6-7-9)12(10)18(13,14)15/h3-5,8-9H,6-7H2,1-2H3,(H2,13,14,15). The van der Waals surface area contributed by atoms with E-state index in [9.17, 15) is 8.42 Å². The van der Waals surface area contributed by atoms with Crippen LogP contribution in [0, 0.1) is 0 Å². The highest BCUT2D eigenvalue weighted by Crippen LogP contribution is 2.36. The van der Waals surface area contributed by atoms with Crippen molar-refractivity contribution < 1.29 is 17.9 Å². The second-order valence-corrected chi connectivity index (χ2v) is 6.11. The Kier molecular flexibility index (Phi) is 3.49. The Morgan fingerprint density at radius 1 is 1.28 bits per heavy atom. The van der Waals surface area contributed by atoms with Gasteiger partial charge < -0.3 is 9.47 Å². The van der Waals surface area contributed by atoms with Gasteiger partial charge in [-0.3, -0.25) is 0 Å². The van der Waals surface area contributed by atoms with Crippen molar-refractivity contribution in [2.45, 2.75) is 43.8 Å². The fourth-order valence-electron chi connectivity index (χ4n) is 1.58. The molecule has 100 valence electrons. The van der Waals surface area contributed by atoms with Gasteiger partial charge in [0.25, 0.3) is 0 Å². The molecule has 0 radical (unpaired) electrons. The number of hydrogen-bond donors (Lipinski definition) is 1. The third-order valence-electron chi connectivity index (χ3n) is 2.41. The molecule has 18 heavy (non-hydrogen) atoms. The quantitative estimate of drug-likeness (QED) is 0.883. The van der Waals surface area contributed by atoms with Crippen LogP contribution in [0.25, 0.3) is 0 Å². The Labute approximate surface area is 107 Å². The monoisotopic (exact) mass is 271 g/mol. The highest BCUT2D eigenvalue weighted by molar-refractivity contribution is 7.89. The first-order valence-corrected chi connectivity index (χ1v) is 7.41. The summed E-state index contributed by atoms with van der Waals surface area (Å²) in [4.78, 5) is -0.0643. The molecule has 6 heteroatoms. The van der Waals surface area contributed by atoms with Gasteiger partial charge in [0.1, 0.15) is 11.5 Å². The van der Waals surface area contributed by atoms with Gasteiger partial charge in [-0.05, 0) is 38.8 Å². The molecular formula is C12H17NO4S. The lowest BCUT2D eigenvalue weighted by atomic mass is 10.3. The van der Waals surface area contributed by atoms with Crippen LogP contribution in [0.4, 0.5) is 0 Å². The summed E-state index contributed by atoms with van der Waals surface area (Å²) in [7, 11) is -3.88. The molecule has 1 saturated carbocycles. The van der Waals surface area contributed by atoms with Crippen molar-refractivity contribution in [2.75, 3.05) is 0 Å². The lowest BCUT2D eigenvalue weighted by molar-refractivity contribution is 0.230. The van der Waals surface area contributed by atoms with Crippen molar-refractivity contribution in [3.05, 3.63) is 18.2 Å². The van der Waals surface area contributed by atoms with Gasteiger partial charge in [-0.15, -0.1) is 0 Å². The number of benzene rings is 1. The fraction of sp³-hybridized carbons (Fsp3) is 0.500. The van der Waals surface area contributed by atoms with Crippen LogP contribution in [-0.2, 0) is 10.0 Å². The summed E-state index contributed by atoms with van der Waals surface area (Å²) < 4.78 is 34.4. The van der Waals surface area contributed by atoms with Crippen molar-refractivity contribution in [1.29, 1.82) is 0 Å². The number of sulfonamides is 1. The SMILES string of the molecule is CC(C)Oc1cccc(OC2CC2)c1S(N)(=O)=O. The van der Waals surface area contributed by atoms with Crippen LogP contribution in [-0.4, -0.2) is 20.6 Å². The third kappa shape index (κ3) is 3.14. The highest BCUT2D eigenvalue weighted by Gasteiger charge is 2.28. The number of primary sulfonamides is 1. The molecule has 1 fully saturated rings. The minimum absolute atomic E-state index is 0.0643. The second-order valence-electron chi connectivity index (χ2n) is 4.61. The summed E-state index contributed by atoms with van der Waals surface area (Å²) in [5.74, 6) is 0.517. The van der Waals surface area contributed by atoms with Gasteiger partial charge in [-0.1, -0.05) is 6.07 Å². The molecule has 1 aliphatic rings. The fourth-order valence-corrected chi connectivity index (χ4v) is 2.37. The number of hydrogen-bond acceptors (Lipinski definition) is 4. The second kappa shape index (κ2) is 4.78.